The molecule has 3 rings (SSSR count). The standard InChI is InChI=1S/C19H32N4O3S2/c1-13-9-11-16(12-10-13)23(15-7-5-4-6-8-15)19(24)22-18-21-14(2)17(27-18)28(25,26)20-3/h13,15-16,20H,4-12H2,1-3H3,(H,21,22,24). The Hall–Kier alpha value is -1.19. The maximum Gasteiger partial charge on any atom is 0.324 e. The van der Waals surface area contributed by atoms with Crippen molar-refractivity contribution in [3.05, 3.63) is 5.69 Å². The van der Waals surface area contributed by atoms with Crippen LogP contribution in [0.4, 0.5) is 9.93 Å². The SMILES string of the molecule is CNS(=O)(=O)c1sc(NC(=O)N(C2CCCCC2)C2CCC(C)CC2)nc1C. The number of thiazole rings is 1. The molecule has 2 saturated carbocycles. The fourth-order valence-electron chi connectivity index (χ4n) is 4.44. The van der Waals surface area contributed by atoms with E-state index in [-0.39, 0.29) is 22.3 Å². The molecular formula is C19H32N4O3S2. The summed E-state index contributed by atoms with van der Waals surface area (Å²) < 4.78 is 26.7. The van der Waals surface area contributed by atoms with Crippen molar-refractivity contribution in [3.8, 4) is 0 Å². The zero-order valence-electron chi connectivity index (χ0n) is 17.0. The first-order chi connectivity index (χ1) is 13.3. The van der Waals surface area contributed by atoms with Crippen LogP contribution in [0.3, 0.4) is 0 Å². The smallest absolute Gasteiger partial charge is 0.319 e. The molecule has 0 aromatic carbocycles. The molecule has 1 aromatic rings. The molecule has 0 atom stereocenters. The highest BCUT2D eigenvalue weighted by Gasteiger charge is 2.34. The second-order valence-electron chi connectivity index (χ2n) is 8.14. The molecule has 0 aliphatic heterocycles. The average Bonchev–Trinajstić information content (AvgIpc) is 3.05. The molecule has 1 heterocycles. The number of hydrogen-bond acceptors (Lipinski definition) is 5. The highest BCUT2D eigenvalue weighted by atomic mass is 32.2. The Kier molecular flexibility index (Phi) is 6.98. The van der Waals surface area contributed by atoms with E-state index in [9.17, 15) is 13.2 Å². The second kappa shape index (κ2) is 9.09. The zero-order chi connectivity index (χ0) is 20.3. The highest BCUT2D eigenvalue weighted by molar-refractivity contribution is 7.91. The first-order valence-electron chi connectivity index (χ1n) is 10.3. The molecule has 2 aliphatic rings. The van der Waals surface area contributed by atoms with E-state index in [0.29, 0.717) is 10.8 Å². The van der Waals surface area contributed by atoms with Gasteiger partial charge in [-0.2, -0.15) is 0 Å². The van der Waals surface area contributed by atoms with Crippen molar-refractivity contribution in [3.63, 3.8) is 0 Å². The van der Waals surface area contributed by atoms with Gasteiger partial charge in [0.15, 0.2) is 9.34 Å². The lowest BCUT2D eigenvalue weighted by Gasteiger charge is -2.42. The summed E-state index contributed by atoms with van der Waals surface area (Å²) >= 11 is 1.01. The predicted octanol–water partition coefficient (Wildman–Crippen LogP) is 4.10. The van der Waals surface area contributed by atoms with E-state index in [1.54, 1.807) is 6.92 Å². The Labute approximate surface area is 172 Å². The maximum atomic E-state index is 13.2. The number of rotatable bonds is 5. The van der Waals surface area contributed by atoms with Gasteiger partial charge in [0.05, 0.1) is 5.69 Å². The molecular weight excluding hydrogens is 396 g/mol. The summed E-state index contributed by atoms with van der Waals surface area (Å²) in [7, 11) is -2.19. The van der Waals surface area contributed by atoms with Gasteiger partial charge in [-0.1, -0.05) is 37.5 Å². The fourth-order valence-corrected chi connectivity index (χ4v) is 6.68. The molecule has 28 heavy (non-hydrogen) atoms. The van der Waals surface area contributed by atoms with E-state index < -0.39 is 10.0 Å². The van der Waals surface area contributed by atoms with Gasteiger partial charge >= 0.3 is 6.03 Å². The number of hydrogen-bond donors (Lipinski definition) is 2. The van der Waals surface area contributed by atoms with Gasteiger partial charge in [0.25, 0.3) is 10.0 Å². The van der Waals surface area contributed by atoms with E-state index in [2.05, 4.69) is 26.8 Å². The van der Waals surface area contributed by atoms with Gasteiger partial charge in [0.2, 0.25) is 0 Å². The van der Waals surface area contributed by atoms with Crippen LogP contribution in [0.15, 0.2) is 4.21 Å². The van der Waals surface area contributed by atoms with Crippen LogP contribution >= 0.6 is 11.3 Å². The van der Waals surface area contributed by atoms with Gasteiger partial charge in [-0.15, -0.1) is 0 Å². The number of anilines is 1. The van der Waals surface area contributed by atoms with Crippen LogP contribution in [0.25, 0.3) is 0 Å². The Morgan fingerprint density at radius 1 is 1.07 bits per heavy atom. The van der Waals surface area contributed by atoms with Crippen LogP contribution in [0.2, 0.25) is 0 Å². The summed E-state index contributed by atoms with van der Waals surface area (Å²) in [6.07, 6.45) is 10.1. The van der Waals surface area contributed by atoms with Crippen LogP contribution in [0, 0.1) is 12.8 Å². The summed E-state index contributed by atoms with van der Waals surface area (Å²) in [6.45, 7) is 3.93. The van der Waals surface area contributed by atoms with Crippen LogP contribution in [-0.2, 0) is 10.0 Å². The summed E-state index contributed by atoms with van der Waals surface area (Å²) in [5, 5.41) is 3.26. The predicted molar refractivity (Wildman–Crippen MR) is 112 cm³/mol. The third kappa shape index (κ3) is 4.86. The van der Waals surface area contributed by atoms with E-state index >= 15 is 0 Å². The maximum absolute atomic E-state index is 13.2. The zero-order valence-corrected chi connectivity index (χ0v) is 18.7. The number of carbonyl (C=O) groups excluding carboxylic acids is 1. The Morgan fingerprint density at radius 2 is 1.68 bits per heavy atom. The molecule has 0 saturated heterocycles. The van der Waals surface area contributed by atoms with Crippen molar-refractivity contribution < 1.29 is 13.2 Å². The van der Waals surface area contributed by atoms with Gasteiger partial charge in [-0.3, -0.25) is 5.32 Å². The minimum atomic E-state index is -3.57. The van der Waals surface area contributed by atoms with Crippen LogP contribution in [0.1, 0.15) is 70.4 Å². The minimum Gasteiger partial charge on any atom is -0.319 e. The molecule has 2 aliphatic carbocycles. The Morgan fingerprint density at radius 3 is 2.29 bits per heavy atom. The number of carbonyl (C=O) groups is 1. The van der Waals surface area contributed by atoms with Crippen LogP contribution < -0.4 is 10.0 Å². The Balaban J connectivity index is 1.78. The van der Waals surface area contributed by atoms with Gasteiger partial charge < -0.3 is 4.90 Å². The molecule has 0 spiro atoms. The van der Waals surface area contributed by atoms with E-state index in [4.69, 9.17) is 0 Å². The average molecular weight is 429 g/mol. The first kappa shape index (κ1) is 21.5. The molecule has 0 bridgehead atoms. The number of aryl methyl sites for hydroxylation is 1. The molecule has 0 radical (unpaired) electrons. The van der Waals surface area contributed by atoms with Crippen molar-refractivity contribution in [2.24, 2.45) is 5.92 Å². The second-order valence-corrected chi connectivity index (χ2v) is 11.2. The summed E-state index contributed by atoms with van der Waals surface area (Å²) in [5.74, 6) is 0.725. The molecule has 0 unspecified atom stereocenters. The number of sulfonamides is 1. The summed E-state index contributed by atoms with van der Waals surface area (Å²) in [4.78, 5) is 19.6. The van der Waals surface area contributed by atoms with E-state index in [1.165, 1.54) is 26.3 Å². The molecule has 9 heteroatoms. The largest absolute Gasteiger partial charge is 0.324 e. The minimum absolute atomic E-state index is 0.131. The molecule has 7 nitrogen and oxygen atoms in total. The lowest BCUT2D eigenvalue weighted by Crippen LogP contribution is -2.51. The van der Waals surface area contributed by atoms with E-state index in [1.807, 2.05) is 0 Å². The van der Waals surface area contributed by atoms with Crippen LogP contribution in [0.5, 0.6) is 0 Å². The lowest BCUT2D eigenvalue weighted by atomic mass is 9.84. The molecule has 2 N–H and O–H groups in total. The van der Waals surface area contributed by atoms with E-state index in [0.717, 1.165) is 55.8 Å². The number of nitrogens with one attached hydrogen (secondary N) is 2. The van der Waals surface area contributed by atoms with Crippen molar-refractivity contribution in [2.75, 3.05) is 12.4 Å². The summed E-state index contributed by atoms with van der Waals surface area (Å²) in [5.41, 5.74) is 0.408. The van der Waals surface area contributed by atoms with Crippen LogP contribution in [-0.4, -0.2) is 43.5 Å². The molecule has 158 valence electrons. The van der Waals surface area contributed by atoms with Crippen molar-refractivity contribution in [2.45, 2.75) is 87.9 Å². The van der Waals surface area contributed by atoms with Gasteiger partial charge in [0.1, 0.15) is 0 Å². The third-order valence-electron chi connectivity index (χ3n) is 6.06. The number of aromatic nitrogens is 1. The molecule has 2 fully saturated rings. The van der Waals surface area contributed by atoms with Crippen molar-refractivity contribution in [1.82, 2.24) is 14.6 Å². The molecule has 1 aromatic heterocycles. The quantitative estimate of drug-likeness (QED) is 0.738. The topological polar surface area (TPSA) is 91.4 Å². The van der Waals surface area contributed by atoms with Gasteiger partial charge in [-0.05, 0) is 58.4 Å². The summed E-state index contributed by atoms with van der Waals surface area (Å²) in [6, 6.07) is 0.406. The Bertz CT molecular complexity index is 779. The number of amides is 2. The normalized spacial score (nSPS) is 24.1. The van der Waals surface area contributed by atoms with Crippen molar-refractivity contribution >= 4 is 32.5 Å². The third-order valence-corrected chi connectivity index (χ3v) is 9.16. The fraction of sp³-hybridized carbons (Fsp3) is 0.789. The van der Waals surface area contributed by atoms with Gasteiger partial charge in [-0.25, -0.2) is 22.9 Å². The monoisotopic (exact) mass is 428 g/mol. The number of nitrogens with zero attached hydrogens (tertiary/aromatic N) is 2. The first-order valence-corrected chi connectivity index (χ1v) is 12.6. The number of urea groups is 1. The highest BCUT2D eigenvalue weighted by Crippen LogP contribution is 2.33. The van der Waals surface area contributed by atoms with Crippen molar-refractivity contribution in [1.29, 1.82) is 0 Å². The van der Waals surface area contributed by atoms with Gasteiger partial charge in [0, 0.05) is 12.1 Å². The molecule has 2 amide bonds. The lowest BCUT2D eigenvalue weighted by molar-refractivity contribution is 0.105.